The van der Waals surface area contributed by atoms with Crippen molar-refractivity contribution in [3.8, 4) is 0 Å². The number of allylic oxidation sites excluding steroid dienone is 4. The Bertz CT molecular complexity index is 989. The third kappa shape index (κ3) is 48.8. The van der Waals surface area contributed by atoms with Crippen LogP contribution in [0, 0.1) is 0 Å². The fourth-order valence-corrected chi connectivity index (χ4v) is 7.84. The third-order valence-corrected chi connectivity index (χ3v) is 11.9. The van der Waals surface area contributed by atoms with E-state index in [-0.39, 0.29) is 31.1 Å². The zero-order valence-electron chi connectivity index (χ0n) is 40.9. The first-order valence-electron chi connectivity index (χ1n) is 26.8. The number of carbonyl (C=O) groups is 3. The SMILES string of the molecule is CCCCCCCCC/C=C\CCCCCC(=O)OCC(COC(=O)CCCCCCCCCCCCCCCCC)OC(=O)CCCCC/C=C\CCCCCCCCC. The number of esters is 3. The van der Waals surface area contributed by atoms with E-state index in [4.69, 9.17) is 14.2 Å². The minimum absolute atomic E-state index is 0.0781. The number of hydrogen-bond acceptors (Lipinski definition) is 6. The number of hydrogen-bond donors (Lipinski definition) is 0. The topological polar surface area (TPSA) is 78.9 Å². The van der Waals surface area contributed by atoms with Crippen LogP contribution in [0.3, 0.4) is 0 Å². The lowest BCUT2D eigenvalue weighted by Crippen LogP contribution is -2.30. The van der Waals surface area contributed by atoms with Gasteiger partial charge in [0, 0.05) is 19.3 Å². The second-order valence-corrected chi connectivity index (χ2v) is 18.1. The van der Waals surface area contributed by atoms with Gasteiger partial charge < -0.3 is 14.2 Å². The maximum Gasteiger partial charge on any atom is 0.306 e. The average Bonchev–Trinajstić information content (AvgIpc) is 3.26. The van der Waals surface area contributed by atoms with Crippen molar-refractivity contribution in [2.45, 2.75) is 297 Å². The highest BCUT2D eigenvalue weighted by Crippen LogP contribution is 2.16. The predicted molar refractivity (Wildman–Crippen MR) is 261 cm³/mol. The summed E-state index contributed by atoms with van der Waals surface area (Å²) in [5.74, 6) is -0.896. The molecule has 0 aromatic carbocycles. The molecule has 0 radical (unpaired) electrons. The van der Waals surface area contributed by atoms with Crippen molar-refractivity contribution < 1.29 is 28.6 Å². The minimum atomic E-state index is -0.780. The highest BCUT2D eigenvalue weighted by Gasteiger charge is 2.19. The molecule has 0 aliphatic rings. The average molecular weight is 859 g/mol. The fraction of sp³-hybridized carbons (Fsp3) is 0.873. The lowest BCUT2D eigenvalue weighted by molar-refractivity contribution is -0.167. The van der Waals surface area contributed by atoms with Gasteiger partial charge in [-0.15, -0.1) is 0 Å². The maximum atomic E-state index is 12.8. The summed E-state index contributed by atoms with van der Waals surface area (Å²) in [5.41, 5.74) is 0. The molecule has 6 nitrogen and oxygen atoms in total. The normalized spacial score (nSPS) is 12.1. The van der Waals surface area contributed by atoms with Gasteiger partial charge in [-0.2, -0.15) is 0 Å². The van der Waals surface area contributed by atoms with E-state index in [9.17, 15) is 14.4 Å². The molecule has 0 aromatic rings. The fourth-order valence-electron chi connectivity index (χ4n) is 7.84. The van der Waals surface area contributed by atoms with E-state index in [0.717, 1.165) is 83.5 Å². The number of carbonyl (C=O) groups excluding carboxylic acids is 3. The van der Waals surface area contributed by atoms with Crippen LogP contribution in [0.2, 0.25) is 0 Å². The molecule has 0 saturated heterocycles. The van der Waals surface area contributed by atoms with E-state index in [2.05, 4.69) is 45.1 Å². The van der Waals surface area contributed by atoms with E-state index in [1.54, 1.807) is 0 Å². The molecule has 0 amide bonds. The van der Waals surface area contributed by atoms with Crippen LogP contribution in [0.15, 0.2) is 24.3 Å². The van der Waals surface area contributed by atoms with Crippen LogP contribution < -0.4 is 0 Å². The summed E-state index contributed by atoms with van der Waals surface area (Å²) in [6, 6.07) is 0. The van der Waals surface area contributed by atoms with Crippen LogP contribution in [-0.4, -0.2) is 37.2 Å². The molecule has 0 aromatic heterocycles. The zero-order chi connectivity index (χ0) is 44.4. The Kier molecular flexibility index (Phi) is 48.8. The lowest BCUT2D eigenvalue weighted by atomic mass is 10.0. The Balaban J connectivity index is 4.37. The molecule has 0 fully saturated rings. The van der Waals surface area contributed by atoms with Gasteiger partial charge in [0.2, 0.25) is 0 Å². The highest BCUT2D eigenvalue weighted by atomic mass is 16.6. The van der Waals surface area contributed by atoms with E-state index in [0.29, 0.717) is 19.3 Å². The molecule has 1 atom stereocenters. The molecule has 0 bridgehead atoms. The van der Waals surface area contributed by atoms with Crippen LogP contribution >= 0.6 is 0 Å². The van der Waals surface area contributed by atoms with Crippen LogP contribution in [0.25, 0.3) is 0 Å². The van der Waals surface area contributed by atoms with Crippen molar-refractivity contribution >= 4 is 17.9 Å². The summed E-state index contributed by atoms with van der Waals surface area (Å²) in [4.78, 5) is 38.0. The molecular formula is C55H102O6. The van der Waals surface area contributed by atoms with Gasteiger partial charge in [0.1, 0.15) is 13.2 Å². The molecular weight excluding hydrogens is 757 g/mol. The van der Waals surface area contributed by atoms with E-state index < -0.39 is 6.10 Å². The maximum absolute atomic E-state index is 12.8. The monoisotopic (exact) mass is 859 g/mol. The molecule has 358 valence electrons. The second-order valence-electron chi connectivity index (χ2n) is 18.1. The highest BCUT2D eigenvalue weighted by molar-refractivity contribution is 5.71. The van der Waals surface area contributed by atoms with Crippen molar-refractivity contribution in [3.63, 3.8) is 0 Å². The van der Waals surface area contributed by atoms with Gasteiger partial charge in [-0.1, -0.05) is 225 Å². The van der Waals surface area contributed by atoms with E-state index in [1.165, 1.54) is 167 Å². The molecule has 61 heavy (non-hydrogen) atoms. The molecule has 0 rings (SSSR count). The summed E-state index contributed by atoms with van der Waals surface area (Å²) in [7, 11) is 0. The van der Waals surface area contributed by atoms with Crippen molar-refractivity contribution in [3.05, 3.63) is 24.3 Å². The standard InChI is InChI=1S/C55H102O6/c1-4-7-10-13-16-19-22-25-28-31-33-36-39-42-45-48-54(57)60-51-52(61-55(58)49-46-43-40-37-34-30-27-24-21-18-15-12-9-6-3)50-59-53(56)47-44-41-38-35-32-29-26-23-20-17-14-11-8-5-2/h29-30,32,34,52H,4-28,31,33,35-51H2,1-3H3/b32-29-,34-30-. The Labute approximate surface area is 379 Å². The first-order valence-corrected chi connectivity index (χ1v) is 26.8. The van der Waals surface area contributed by atoms with Gasteiger partial charge in [-0.3, -0.25) is 14.4 Å². The summed E-state index contributed by atoms with van der Waals surface area (Å²) in [5, 5.41) is 0. The van der Waals surface area contributed by atoms with Crippen LogP contribution in [0.4, 0.5) is 0 Å². The molecule has 0 spiro atoms. The van der Waals surface area contributed by atoms with Gasteiger partial charge in [0.15, 0.2) is 6.10 Å². The van der Waals surface area contributed by atoms with Gasteiger partial charge in [0.05, 0.1) is 0 Å². The second kappa shape index (κ2) is 50.5. The van der Waals surface area contributed by atoms with Crippen LogP contribution in [0.5, 0.6) is 0 Å². The number of unbranched alkanes of at least 4 members (excludes halogenated alkanes) is 34. The van der Waals surface area contributed by atoms with Gasteiger partial charge in [0.25, 0.3) is 0 Å². The third-order valence-electron chi connectivity index (χ3n) is 11.9. The first-order chi connectivity index (χ1) is 30.0. The van der Waals surface area contributed by atoms with Crippen LogP contribution in [-0.2, 0) is 28.6 Å². The van der Waals surface area contributed by atoms with Crippen molar-refractivity contribution in [1.82, 2.24) is 0 Å². The summed E-state index contributed by atoms with van der Waals surface area (Å²) >= 11 is 0. The number of ether oxygens (including phenoxy) is 3. The van der Waals surface area contributed by atoms with E-state index in [1.807, 2.05) is 0 Å². The smallest absolute Gasteiger partial charge is 0.306 e. The Morgan fingerprint density at radius 3 is 0.836 bits per heavy atom. The zero-order valence-corrected chi connectivity index (χ0v) is 40.9. The quantitative estimate of drug-likeness (QED) is 0.0262. The number of rotatable bonds is 49. The van der Waals surface area contributed by atoms with Gasteiger partial charge in [-0.25, -0.2) is 0 Å². The molecule has 0 saturated carbocycles. The molecule has 1 unspecified atom stereocenters. The molecule has 0 aliphatic heterocycles. The van der Waals surface area contributed by atoms with Gasteiger partial charge in [-0.05, 0) is 70.6 Å². The van der Waals surface area contributed by atoms with Gasteiger partial charge >= 0.3 is 17.9 Å². The van der Waals surface area contributed by atoms with Crippen molar-refractivity contribution in [1.29, 1.82) is 0 Å². The lowest BCUT2D eigenvalue weighted by Gasteiger charge is -2.18. The summed E-state index contributed by atoms with van der Waals surface area (Å²) in [6.45, 7) is 6.64. The first kappa shape index (κ1) is 58.9. The molecule has 0 heterocycles. The van der Waals surface area contributed by atoms with E-state index >= 15 is 0 Å². The van der Waals surface area contributed by atoms with Crippen LogP contribution in [0.1, 0.15) is 290 Å². The largest absolute Gasteiger partial charge is 0.462 e. The molecule has 0 aliphatic carbocycles. The predicted octanol–water partition coefficient (Wildman–Crippen LogP) is 17.5. The summed E-state index contributed by atoms with van der Waals surface area (Å²) < 4.78 is 16.8. The summed E-state index contributed by atoms with van der Waals surface area (Å²) in [6.07, 6.45) is 57.3. The Morgan fingerprint density at radius 1 is 0.311 bits per heavy atom. The molecule has 0 N–H and O–H groups in total. The Morgan fingerprint density at radius 2 is 0.541 bits per heavy atom. The Hall–Kier alpha value is -2.11. The minimum Gasteiger partial charge on any atom is -0.462 e. The van der Waals surface area contributed by atoms with Crippen molar-refractivity contribution in [2.24, 2.45) is 0 Å². The molecule has 6 heteroatoms. The van der Waals surface area contributed by atoms with Crippen molar-refractivity contribution in [2.75, 3.05) is 13.2 Å².